The topological polar surface area (TPSA) is 55.6 Å². The largest absolute Gasteiger partial charge is 0.468 e. The summed E-state index contributed by atoms with van der Waals surface area (Å²) in [5, 5.41) is 0. The third kappa shape index (κ3) is 3.09. The second-order valence-corrected chi connectivity index (χ2v) is 4.82. The van der Waals surface area contributed by atoms with Crippen LogP contribution in [-0.2, 0) is 16.1 Å². The first-order chi connectivity index (χ1) is 8.70. The predicted octanol–water partition coefficient (Wildman–Crippen LogP) is 1.01. The average molecular weight is 248 g/mol. The van der Waals surface area contributed by atoms with E-state index in [0.717, 1.165) is 26.1 Å². The van der Waals surface area contributed by atoms with Crippen molar-refractivity contribution in [2.75, 3.05) is 20.2 Å². The van der Waals surface area contributed by atoms with E-state index in [-0.39, 0.29) is 11.9 Å². The average Bonchev–Trinajstić information content (AvgIpc) is 2.86. The molecule has 1 saturated heterocycles. The second-order valence-electron chi connectivity index (χ2n) is 4.82. The number of esters is 1. The Hall–Kier alpha value is -1.39. The van der Waals surface area contributed by atoms with Gasteiger partial charge in [-0.25, -0.2) is 0 Å². The van der Waals surface area contributed by atoms with Crippen LogP contribution in [0.3, 0.4) is 0 Å². The molecule has 1 aliphatic heterocycles. The van der Waals surface area contributed by atoms with Crippen molar-refractivity contribution in [1.29, 1.82) is 0 Å². The van der Waals surface area contributed by atoms with Crippen molar-refractivity contribution < 1.29 is 9.53 Å². The Balaban J connectivity index is 1.87. The van der Waals surface area contributed by atoms with Gasteiger partial charge in [-0.15, -0.1) is 0 Å². The molecule has 4 nitrogen and oxygen atoms in total. The number of hydrogen-bond acceptors (Lipinski definition) is 4. The molecule has 0 aromatic heterocycles. The van der Waals surface area contributed by atoms with E-state index in [2.05, 4.69) is 17.0 Å². The Labute approximate surface area is 108 Å². The molecule has 0 saturated carbocycles. The number of nitrogens with zero attached hydrogens (tertiary/aromatic N) is 1. The van der Waals surface area contributed by atoms with Gasteiger partial charge in [0.05, 0.1) is 7.11 Å². The van der Waals surface area contributed by atoms with Crippen LogP contribution in [0.4, 0.5) is 0 Å². The van der Waals surface area contributed by atoms with E-state index in [1.807, 2.05) is 18.2 Å². The fourth-order valence-corrected chi connectivity index (χ4v) is 2.47. The van der Waals surface area contributed by atoms with Gasteiger partial charge in [-0.3, -0.25) is 9.69 Å². The van der Waals surface area contributed by atoms with Gasteiger partial charge in [-0.05, 0) is 24.4 Å². The number of nitrogens with two attached hydrogens (primary N) is 1. The Morgan fingerprint density at radius 1 is 1.50 bits per heavy atom. The molecule has 0 radical (unpaired) electrons. The maximum atomic E-state index is 11.4. The summed E-state index contributed by atoms with van der Waals surface area (Å²) in [6.45, 7) is 2.78. The summed E-state index contributed by atoms with van der Waals surface area (Å²) in [7, 11) is 1.39. The van der Waals surface area contributed by atoms with Crippen molar-refractivity contribution >= 4 is 5.97 Å². The number of hydrogen-bond donors (Lipinski definition) is 1. The molecule has 1 aromatic carbocycles. The van der Waals surface area contributed by atoms with Crippen molar-refractivity contribution in [2.24, 2.45) is 11.7 Å². The van der Waals surface area contributed by atoms with Crippen LogP contribution in [0, 0.1) is 5.92 Å². The minimum Gasteiger partial charge on any atom is -0.468 e. The van der Waals surface area contributed by atoms with E-state index in [1.54, 1.807) is 0 Å². The Morgan fingerprint density at radius 2 is 2.22 bits per heavy atom. The highest BCUT2D eigenvalue weighted by atomic mass is 16.5. The molecule has 1 aliphatic rings. The number of carbonyl (C=O) groups is 1. The number of methoxy groups -OCH3 is 1. The van der Waals surface area contributed by atoms with Crippen molar-refractivity contribution in [3.63, 3.8) is 0 Å². The van der Waals surface area contributed by atoms with Crippen LogP contribution in [0.5, 0.6) is 0 Å². The van der Waals surface area contributed by atoms with Crippen molar-refractivity contribution in [3.05, 3.63) is 35.9 Å². The maximum Gasteiger partial charge on any atom is 0.322 e. The van der Waals surface area contributed by atoms with Gasteiger partial charge >= 0.3 is 5.97 Å². The lowest BCUT2D eigenvalue weighted by atomic mass is 10.0. The highest BCUT2D eigenvalue weighted by molar-refractivity contribution is 5.75. The van der Waals surface area contributed by atoms with E-state index in [9.17, 15) is 4.79 Å². The van der Waals surface area contributed by atoms with Gasteiger partial charge < -0.3 is 10.5 Å². The van der Waals surface area contributed by atoms with E-state index < -0.39 is 6.04 Å². The van der Waals surface area contributed by atoms with Crippen LogP contribution in [0.2, 0.25) is 0 Å². The first kappa shape index (κ1) is 13.1. The van der Waals surface area contributed by atoms with Crippen LogP contribution in [-0.4, -0.2) is 37.1 Å². The molecule has 2 unspecified atom stereocenters. The molecule has 1 aromatic rings. The summed E-state index contributed by atoms with van der Waals surface area (Å²) in [5.41, 5.74) is 7.18. The minimum atomic E-state index is -0.490. The molecule has 4 heteroatoms. The normalized spacial score (nSPS) is 21.8. The molecule has 98 valence electrons. The number of carbonyl (C=O) groups excluding carboxylic acids is 1. The molecule has 2 atom stereocenters. The summed E-state index contributed by atoms with van der Waals surface area (Å²) in [6.07, 6.45) is 0.961. The molecular weight excluding hydrogens is 228 g/mol. The number of benzene rings is 1. The summed E-state index contributed by atoms with van der Waals surface area (Å²) in [4.78, 5) is 13.7. The van der Waals surface area contributed by atoms with Crippen molar-refractivity contribution in [1.82, 2.24) is 4.90 Å². The SMILES string of the molecule is COC(=O)C(N)C1CCN(Cc2ccccc2)C1. The van der Waals surface area contributed by atoms with Crippen LogP contribution < -0.4 is 5.73 Å². The summed E-state index contributed by atoms with van der Waals surface area (Å²) in [6, 6.07) is 9.85. The first-order valence-corrected chi connectivity index (χ1v) is 6.30. The standard InChI is InChI=1S/C14H20N2O2/c1-18-14(17)13(15)12-7-8-16(10-12)9-11-5-3-2-4-6-11/h2-6,12-13H,7-10,15H2,1H3. The lowest BCUT2D eigenvalue weighted by Gasteiger charge is -2.18. The molecule has 18 heavy (non-hydrogen) atoms. The van der Waals surface area contributed by atoms with Gasteiger partial charge in [0.25, 0.3) is 0 Å². The fraction of sp³-hybridized carbons (Fsp3) is 0.500. The number of rotatable bonds is 4. The first-order valence-electron chi connectivity index (χ1n) is 6.30. The Kier molecular flexibility index (Phi) is 4.33. The Morgan fingerprint density at radius 3 is 2.89 bits per heavy atom. The molecule has 1 fully saturated rings. The van der Waals surface area contributed by atoms with Gasteiger partial charge in [-0.1, -0.05) is 30.3 Å². The molecule has 0 bridgehead atoms. The number of ether oxygens (including phenoxy) is 1. The lowest BCUT2D eigenvalue weighted by Crippen LogP contribution is -2.40. The predicted molar refractivity (Wildman–Crippen MR) is 69.8 cm³/mol. The van der Waals surface area contributed by atoms with Crippen LogP contribution in [0.25, 0.3) is 0 Å². The Bertz CT molecular complexity index is 394. The van der Waals surface area contributed by atoms with E-state index in [0.29, 0.717) is 0 Å². The molecule has 0 amide bonds. The molecular formula is C14H20N2O2. The number of likely N-dealkylation sites (tertiary alicyclic amines) is 1. The molecule has 0 spiro atoms. The third-order valence-corrected chi connectivity index (χ3v) is 3.54. The summed E-state index contributed by atoms with van der Waals surface area (Å²) < 4.78 is 4.70. The quantitative estimate of drug-likeness (QED) is 0.808. The highest BCUT2D eigenvalue weighted by Gasteiger charge is 2.31. The monoisotopic (exact) mass is 248 g/mol. The molecule has 2 rings (SSSR count). The van der Waals surface area contributed by atoms with Crippen LogP contribution in [0.15, 0.2) is 30.3 Å². The fourth-order valence-electron chi connectivity index (χ4n) is 2.47. The minimum absolute atomic E-state index is 0.209. The van der Waals surface area contributed by atoms with E-state index >= 15 is 0 Å². The molecule has 2 N–H and O–H groups in total. The van der Waals surface area contributed by atoms with Gasteiger partial charge in [0.15, 0.2) is 0 Å². The zero-order valence-electron chi connectivity index (χ0n) is 10.7. The van der Waals surface area contributed by atoms with Crippen molar-refractivity contribution in [2.45, 2.75) is 19.0 Å². The molecule has 0 aliphatic carbocycles. The summed E-state index contributed by atoms with van der Waals surface area (Å²) >= 11 is 0. The van der Waals surface area contributed by atoms with Crippen LogP contribution >= 0.6 is 0 Å². The van der Waals surface area contributed by atoms with Gasteiger partial charge in [0.1, 0.15) is 6.04 Å². The van der Waals surface area contributed by atoms with Gasteiger partial charge in [-0.2, -0.15) is 0 Å². The van der Waals surface area contributed by atoms with Crippen molar-refractivity contribution in [3.8, 4) is 0 Å². The zero-order chi connectivity index (χ0) is 13.0. The molecule has 1 heterocycles. The van der Waals surface area contributed by atoms with Gasteiger partial charge in [0, 0.05) is 13.1 Å². The summed E-state index contributed by atoms with van der Waals surface area (Å²) in [5.74, 6) is -0.0947. The van der Waals surface area contributed by atoms with Crippen LogP contribution in [0.1, 0.15) is 12.0 Å². The highest BCUT2D eigenvalue weighted by Crippen LogP contribution is 2.21. The van der Waals surface area contributed by atoms with Gasteiger partial charge in [0.2, 0.25) is 0 Å². The lowest BCUT2D eigenvalue weighted by molar-refractivity contribution is -0.143. The third-order valence-electron chi connectivity index (χ3n) is 3.54. The smallest absolute Gasteiger partial charge is 0.322 e. The zero-order valence-corrected chi connectivity index (χ0v) is 10.7. The van der Waals surface area contributed by atoms with E-state index in [1.165, 1.54) is 12.7 Å². The maximum absolute atomic E-state index is 11.4. The van der Waals surface area contributed by atoms with E-state index in [4.69, 9.17) is 10.5 Å². The second kappa shape index (κ2) is 5.98.